The number of amides is 1. The highest BCUT2D eigenvalue weighted by Gasteiger charge is 2.36. The van der Waals surface area contributed by atoms with Gasteiger partial charge in [0.25, 0.3) is 0 Å². The van der Waals surface area contributed by atoms with Gasteiger partial charge in [0.15, 0.2) is 0 Å². The van der Waals surface area contributed by atoms with Crippen molar-refractivity contribution >= 4 is 11.6 Å². The Kier molecular flexibility index (Phi) is 5.68. The summed E-state index contributed by atoms with van der Waals surface area (Å²) >= 11 is 0. The number of carbonyl (C=O) groups is 1. The van der Waals surface area contributed by atoms with E-state index < -0.39 is 24.4 Å². The van der Waals surface area contributed by atoms with E-state index in [4.69, 9.17) is 4.74 Å². The van der Waals surface area contributed by atoms with Crippen molar-refractivity contribution < 1.29 is 24.9 Å². The van der Waals surface area contributed by atoms with Crippen LogP contribution in [0.25, 0.3) is 11.1 Å². The molecule has 4 N–H and O–H groups in total. The smallest absolute Gasteiger partial charge is 0.221 e. The number of hydrogen-bond acceptors (Lipinski definition) is 5. The summed E-state index contributed by atoms with van der Waals surface area (Å²) in [5.74, 6) is -0.136. The van der Waals surface area contributed by atoms with Gasteiger partial charge < -0.3 is 25.4 Å². The van der Waals surface area contributed by atoms with E-state index in [9.17, 15) is 20.1 Å². The molecule has 0 bridgehead atoms. The van der Waals surface area contributed by atoms with E-state index >= 15 is 0 Å². The first-order chi connectivity index (χ1) is 12.5. The maximum atomic E-state index is 11.2. The van der Waals surface area contributed by atoms with Crippen molar-refractivity contribution in [3.8, 4) is 11.1 Å². The molecule has 2 aromatic carbocycles. The van der Waals surface area contributed by atoms with E-state index in [0.29, 0.717) is 5.69 Å². The highest BCUT2D eigenvalue weighted by Crippen LogP contribution is 2.34. The minimum Gasteiger partial charge on any atom is -0.394 e. The largest absolute Gasteiger partial charge is 0.394 e. The van der Waals surface area contributed by atoms with Crippen molar-refractivity contribution in [2.75, 3.05) is 11.9 Å². The Morgan fingerprint density at radius 1 is 1.12 bits per heavy atom. The van der Waals surface area contributed by atoms with Crippen LogP contribution in [0.1, 0.15) is 25.0 Å². The van der Waals surface area contributed by atoms with Crippen LogP contribution in [0.2, 0.25) is 0 Å². The molecule has 6 nitrogen and oxygen atoms in total. The molecule has 4 atom stereocenters. The van der Waals surface area contributed by atoms with Gasteiger partial charge in [0, 0.05) is 19.0 Å². The predicted octanol–water partition coefficient (Wildman–Crippen LogP) is 1.86. The van der Waals surface area contributed by atoms with Gasteiger partial charge in [0.1, 0.15) is 12.2 Å². The molecule has 0 spiro atoms. The number of anilines is 1. The Hall–Kier alpha value is -2.25. The van der Waals surface area contributed by atoms with Crippen molar-refractivity contribution in [2.24, 2.45) is 0 Å². The molecule has 0 aromatic heterocycles. The van der Waals surface area contributed by atoms with Gasteiger partial charge in [-0.05, 0) is 34.9 Å². The standard InChI is InChI=1S/C20H23NO5/c1-12(23)21-16-7-3-5-14(9-16)13-4-2-6-15(8-13)20-18(25)10-17(24)19(11-22)26-20/h2-9,17-20,22,24-25H,10-11H2,1H3,(H,21,23). The topological polar surface area (TPSA) is 99.0 Å². The molecule has 1 aliphatic heterocycles. The number of ether oxygens (including phenoxy) is 1. The van der Waals surface area contributed by atoms with Crippen molar-refractivity contribution in [1.82, 2.24) is 0 Å². The van der Waals surface area contributed by atoms with Gasteiger partial charge in [0.2, 0.25) is 5.91 Å². The van der Waals surface area contributed by atoms with Crippen LogP contribution >= 0.6 is 0 Å². The normalized spacial score (nSPS) is 25.7. The highest BCUT2D eigenvalue weighted by molar-refractivity contribution is 5.89. The molecule has 0 saturated carbocycles. The third-order valence-electron chi connectivity index (χ3n) is 4.49. The number of rotatable bonds is 4. The fourth-order valence-corrected chi connectivity index (χ4v) is 3.23. The Morgan fingerprint density at radius 2 is 1.81 bits per heavy atom. The summed E-state index contributed by atoms with van der Waals surface area (Å²) in [6.45, 7) is 1.16. The Bertz CT molecular complexity index is 778. The number of carbonyl (C=O) groups excluding carboxylic acids is 1. The Balaban J connectivity index is 1.88. The van der Waals surface area contributed by atoms with Crippen LogP contribution in [0.15, 0.2) is 48.5 Å². The van der Waals surface area contributed by atoms with Crippen molar-refractivity contribution in [3.63, 3.8) is 0 Å². The summed E-state index contributed by atoms with van der Waals surface area (Å²) in [6.07, 6.45) is -2.92. The van der Waals surface area contributed by atoms with Gasteiger partial charge in [-0.3, -0.25) is 4.79 Å². The van der Waals surface area contributed by atoms with Crippen molar-refractivity contribution in [2.45, 2.75) is 37.8 Å². The third-order valence-corrected chi connectivity index (χ3v) is 4.49. The molecule has 1 fully saturated rings. The minimum atomic E-state index is -0.885. The van der Waals surface area contributed by atoms with Gasteiger partial charge in [-0.15, -0.1) is 0 Å². The lowest BCUT2D eigenvalue weighted by Crippen LogP contribution is -2.44. The second-order valence-electron chi connectivity index (χ2n) is 6.54. The number of aliphatic hydroxyl groups is 3. The lowest BCUT2D eigenvalue weighted by Gasteiger charge is -2.36. The number of nitrogens with one attached hydrogen (secondary N) is 1. The fraction of sp³-hybridized carbons (Fsp3) is 0.350. The molecule has 138 valence electrons. The van der Waals surface area contributed by atoms with E-state index in [1.807, 2.05) is 48.5 Å². The molecule has 0 radical (unpaired) electrons. The average molecular weight is 357 g/mol. The van der Waals surface area contributed by atoms with Gasteiger partial charge >= 0.3 is 0 Å². The first kappa shape index (κ1) is 18.5. The minimum absolute atomic E-state index is 0.136. The molecule has 1 aliphatic rings. The number of hydrogen-bond donors (Lipinski definition) is 4. The Labute approximate surface area is 152 Å². The molecule has 4 unspecified atom stereocenters. The first-order valence-corrected chi connectivity index (χ1v) is 8.58. The maximum absolute atomic E-state index is 11.2. The summed E-state index contributed by atoms with van der Waals surface area (Å²) in [4.78, 5) is 11.2. The van der Waals surface area contributed by atoms with Gasteiger partial charge in [0.05, 0.1) is 18.8 Å². The van der Waals surface area contributed by atoms with E-state index in [1.54, 1.807) is 0 Å². The summed E-state index contributed by atoms with van der Waals surface area (Å²) in [7, 11) is 0. The zero-order valence-corrected chi connectivity index (χ0v) is 14.5. The van der Waals surface area contributed by atoms with Crippen LogP contribution in [-0.4, -0.2) is 46.1 Å². The van der Waals surface area contributed by atoms with Crippen LogP contribution in [0.5, 0.6) is 0 Å². The predicted molar refractivity (Wildman–Crippen MR) is 97.5 cm³/mol. The Morgan fingerprint density at radius 3 is 2.50 bits per heavy atom. The molecule has 0 aliphatic carbocycles. The van der Waals surface area contributed by atoms with Crippen LogP contribution in [0, 0.1) is 0 Å². The van der Waals surface area contributed by atoms with Crippen LogP contribution in [-0.2, 0) is 9.53 Å². The molecule has 26 heavy (non-hydrogen) atoms. The fourth-order valence-electron chi connectivity index (χ4n) is 3.23. The number of aliphatic hydroxyl groups excluding tert-OH is 3. The first-order valence-electron chi connectivity index (χ1n) is 8.58. The molecule has 1 saturated heterocycles. The molecule has 3 rings (SSSR count). The zero-order chi connectivity index (χ0) is 18.7. The van der Waals surface area contributed by atoms with Crippen LogP contribution < -0.4 is 5.32 Å². The summed E-state index contributed by atoms with van der Waals surface area (Å²) in [5.41, 5.74) is 3.31. The summed E-state index contributed by atoms with van der Waals surface area (Å²) in [5, 5.41) is 32.3. The SMILES string of the molecule is CC(=O)Nc1cccc(-c2cccc(C3OC(CO)C(O)CC3O)c2)c1. The van der Waals surface area contributed by atoms with Gasteiger partial charge in [-0.2, -0.15) is 0 Å². The second kappa shape index (κ2) is 7.97. The van der Waals surface area contributed by atoms with Crippen molar-refractivity contribution in [1.29, 1.82) is 0 Å². The highest BCUT2D eigenvalue weighted by atomic mass is 16.5. The van der Waals surface area contributed by atoms with E-state index in [0.717, 1.165) is 16.7 Å². The molecule has 2 aromatic rings. The molecule has 6 heteroatoms. The molecule has 1 amide bonds. The van der Waals surface area contributed by atoms with Crippen molar-refractivity contribution in [3.05, 3.63) is 54.1 Å². The number of benzene rings is 2. The van der Waals surface area contributed by atoms with Gasteiger partial charge in [-0.25, -0.2) is 0 Å². The lowest BCUT2D eigenvalue weighted by molar-refractivity contribution is -0.181. The molecule has 1 heterocycles. The van der Waals surface area contributed by atoms with E-state index in [2.05, 4.69) is 5.32 Å². The quantitative estimate of drug-likeness (QED) is 0.669. The maximum Gasteiger partial charge on any atom is 0.221 e. The zero-order valence-electron chi connectivity index (χ0n) is 14.5. The second-order valence-corrected chi connectivity index (χ2v) is 6.54. The van der Waals surface area contributed by atoms with Crippen LogP contribution in [0.3, 0.4) is 0 Å². The third kappa shape index (κ3) is 4.11. The van der Waals surface area contributed by atoms with E-state index in [-0.39, 0.29) is 18.9 Å². The summed E-state index contributed by atoms with van der Waals surface area (Å²) in [6, 6.07) is 15.0. The lowest BCUT2D eigenvalue weighted by atomic mass is 9.92. The van der Waals surface area contributed by atoms with Crippen LogP contribution in [0.4, 0.5) is 5.69 Å². The van der Waals surface area contributed by atoms with E-state index in [1.165, 1.54) is 6.92 Å². The average Bonchev–Trinajstić information content (AvgIpc) is 2.62. The van der Waals surface area contributed by atoms with Gasteiger partial charge in [-0.1, -0.05) is 30.3 Å². The molecular formula is C20H23NO5. The summed E-state index contributed by atoms with van der Waals surface area (Å²) < 4.78 is 5.71. The monoisotopic (exact) mass is 357 g/mol. The molecular weight excluding hydrogens is 334 g/mol.